The van der Waals surface area contributed by atoms with Gasteiger partial charge >= 0.3 is 0 Å². The van der Waals surface area contributed by atoms with Crippen LogP contribution in [0.4, 0.5) is 10.5 Å². The van der Waals surface area contributed by atoms with Gasteiger partial charge in [-0.2, -0.15) is 0 Å². The number of ether oxygens (including phenoxy) is 1. The van der Waals surface area contributed by atoms with Gasteiger partial charge in [-0.25, -0.2) is 4.68 Å². The van der Waals surface area contributed by atoms with Crippen molar-refractivity contribution in [2.75, 3.05) is 44.0 Å². The van der Waals surface area contributed by atoms with Crippen molar-refractivity contribution < 1.29 is 23.9 Å². The van der Waals surface area contributed by atoms with E-state index in [0.29, 0.717) is 13.1 Å². The van der Waals surface area contributed by atoms with Crippen LogP contribution >= 0.6 is 11.8 Å². The van der Waals surface area contributed by atoms with Crippen molar-refractivity contribution in [1.82, 2.24) is 30.9 Å². The predicted molar refractivity (Wildman–Crippen MR) is 170 cm³/mol. The summed E-state index contributed by atoms with van der Waals surface area (Å²) >= 11 is 1.06. The molecule has 0 atom stereocenters. The summed E-state index contributed by atoms with van der Waals surface area (Å²) in [5.41, 5.74) is 5.29. The maximum Gasteiger partial charge on any atom is 0.278 e. The number of benzene rings is 2. The lowest BCUT2D eigenvalue weighted by atomic mass is 9.95. The molecule has 0 saturated heterocycles. The minimum atomic E-state index is -0.220. The molecule has 1 aromatic heterocycles. The SMILES string of the molecule is CCCn1nnc2c1-c1ccccc1CN(C(=O)CCNC(=O)CCOCCNC(=O)CCNC(=O)SC)c1ccccc1-2. The lowest BCUT2D eigenvalue weighted by molar-refractivity contribution is -0.123. The molecule has 3 N–H and O–H groups in total. The van der Waals surface area contributed by atoms with Crippen LogP contribution in [-0.2, 0) is 32.2 Å². The summed E-state index contributed by atoms with van der Waals surface area (Å²) in [6, 6.07) is 15.7. The number of aryl methyl sites for hydroxylation is 1. The summed E-state index contributed by atoms with van der Waals surface area (Å²) in [5, 5.41) is 16.9. The van der Waals surface area contributed by atoms with Crippen LogP contribution in [0.2, 0.25) is 0 Å². The lowest BCUT2D eigenvalue weighted by Crippen LogP contribution is -2.35. The van der Waals surface area contributed by atoms with Gasteiger partial charge in [0.1, 0.15) is 5.69 Å². The maximum atomic E-state index is 13.6. The molecule has 0 saturated carbocycles. The Hall–Kier alpha value is -4.23. The fourth-order valence-electron chi connectivity index (χ4n) is 4.91. The Balaban J connectivity index is 1.27. The highest BCUT2D eigenvalue weighted by Crippen LogP contribution is 2.41. The predicted octanol–water partition coefficient (Wildman–Crippen LogP) is 3.36. The van der Waals surface area contributed by atoms with E-state index in [-0.39, 0.29) is 68.5 Å². The second kappa shape index (κ2) is 16.6. The first-order valence-electron chi connectivity index (χ1n) is 14.8. The Morgan fingerprint density at radius 3 is 2.36 bits per heavy atom. The van der Waals surface area contributed by atoms with Gasteiger partial charge in [0.05, 0.1) is 31.1 Å². The van der Waals surface area contributed by atoms with Crippen molar-refractivity contribution in [3.63, 3.8) is 0 Å². The molecule has 0 fully saturated rings. The molecule has 13 heteroatoms. The minimum absolute atomic E-state index is 0.114. The molecule has 234 valence electrons. The first-order valence-corrected chi connectivity index (χ1v) is 16.0. The zero-order chi connectivity index (χ0) is 31.3. The molecule has 2 aromatic carbocycles. The number of nitrogens with one attached hydrogen (secondary N) is 3. The van der Waals surface area contributed by atoms with E-state index in [1.165, 1.54) is 0 Å². The Morgan fingerprint density at radius 2 is 1.57 bits per heavy atom. The zero-order valence-corrected chi connectivity index (χ0v) is 26.0. The third-order valence-electron chi connectivity index (χ3n) is 7.03. The molecule has 3 aromatic rings. The monoisotopic (exact) mass is 621 g/mol. The van der Waals surface area contributed by atoms with E-state index in [1.807, 2.05) is 53.2 Å². The van der Waals surface area contributed by atoms with Gasteiger partial charge in [-0.1, -0.05) is 66.4 Å². The average molecular weight is 622 g/mol. The van der Waals surface area contributed by atoms with Crippen molar-refractivity contribution in [3.05, 3.63) is 54.1 Å². The molecule has 0 radical (unpaired) electrons. The van der Waals surface area contributed by atoms with E-state index in [1.54, 1.807) is 11.2 Å². The van der Waals surface area contributed by atoms with E-state index in [9.17, 15) is 19.2 Å². The standard InChI is InChI=1S/C31H39N7O5S/c1-3-18-38-30-23-9-5-4-8-22(23)21-37(25-11-7-6-10-24(25)29(30)35-36-38)28(41)13-16-32-27(40)14-19-43-20-17-33-26(39)12-15-34-31(42)44-2/h4-11H,3,12-21H2,1-2H3,(H,32,40)(H,33,39)(H,34,42). The van der Waals surface area contributed by atoms with Crippen LogP contribution in [-0.4, -0.2) is 77.1 Å². The van der Waals surface area contributed by atoms with Gasteiger partial charge in [-0.05, 0) is 24.3 Å². The molecule has 0 unspecified atom stereocenters. The molecule has 44 heavy (non-hydrogen) atoms. The number of nitrogens with zero attached hydrogens (tertiary/aromatic N) is 4. The number of aromatic nitrogens is 3. The van der Waals surface area contributed by atoms with E-state index in [2.05, 4.69) is 33.2 Å². The van der Waals surface area contributed by atoms with Crippen molar-refractivity contribution >= 4 is 40.4 Å². The van der Waals surface area contributed by atoms with Gasteiger partial charge in [0.15, 0.2) is 0 Å². The molecule has 1 aliphatic rings. The molecular weight excluding hydrogens is 582 g/mol. The summed E-state index contributed by atoms with van der Waals surface area (Å²) in [6.45, 7) is 4.45. The van der Waals surface area contributed by atoms with Crippen LogP contribution in [0.1, 0.15) is 38.2 Å². The van der Waals surface area contributed by atoms with E-state index in [0.717, 1.165) is 58.5 Å². The van der Waals surface area contributed by atoms with E-state index >= 15 is 0 Å². The highest BCUT2D eigenvalue weighted by atomic mass is 32.2. The first kappa shape index (κ1) is 32.7. The highest BCUT2D eigenvalue weighted by molar-refractivity contribution is 8.12. The highest BCUT2D eigenvalue weighted by Gasteiger charge is 2.28. The summed E-state index contributed by atoms with van der Waals surface area (Å²) < 4.78 is 7.38. The fraction of sp³-hybridized carbons (Fsp3) is 0.419. The fourth-order valence-corrected chi connectivity index (χ4v) is 5.15. The Bertz CT molecular complexity index is 1460. The third-order valence-corrected chi connectivity index (χ3v) is 7.55. The second-order valence-corrected chi connectivity index (χ2v) is 10.9. The molecule has 12 nitrogen and oxygen atoms in total. The number of anilines is 1. The van der Waals surface area contributed by atoms with Crippen molar-refractivity contribution in [3.8, 4) is 22.5 Å². The Morgan fingerprint density at radius 1 is 0.864 bits per heavy atom. The Labute approximate surface area is 261 Å². The van der Waals surface area contributed by atoms with Crippen LogP contribution in [0.3, 0.4) is 0 Å². The number of amides is 4. The van der Waals surface area contributed by atoms with Crippen molar-refractivity contribution in [1.29, 1.82) is 0 Å². The minimum Gasteiger partial charge on any atom is -0.379 e. The van der Waals surface area contributed by atoms with Crippen LogP contribution in [0.25, 0.3) is 22.5 Å². The van der Waals surface area contributed by atoms with Crippen LogP contribution in [0.15, 0.2) is 48.5 Å². The third kappa shape index (κ3) is 8.66. The normalized spacial score (nSPS) is 11.8. The van der Waals surface area contributed by atoms with E-state index in [4.69, 9.17) is 4.74 Å². The van der Waals surface area contributed by atoms with Gasteiger partial charge in [0.25, 0.3) is 5.24 Å². The molecule has 4 rings (SSSR count). The topological polar surface area (TPSA) is 148 Å². The van der Waals surface area contributed by atoms with Gasteiger partial charge in [-0.15, -0.1) is 5.10 Å². The van der Waals surface area contributed by atoms with Crippen LogP contribution < -0.4 is 20.9 Å². The molecule has 0 bridgehead atoms. The number of carbonyl (C=O) groups is 4. The summed E-state index contributed by atoms with van der Waals surface area (Å²) in [6.07, 6.45) is 3.03. The number of thioether (sulfide) groups is 1. The van der Waals surface area contributed by atoms with Crippen LogP contribution in [0, 0.1) is 0 Å². The van der Waals surface area contributed by atoms with Crippen LogP contribution in [0.5, 0.6) is 0 Å². The van der Waals surface area contributed by atoms with Crippen molar-refractivity contribution in [2.45, 2.75) is 45.7 Å². The number of hydrogen-bond donors (Lipinski definition) is 3. The number of hydrogen-bond acceptors (Lipinski definition) is 8. The first-order chi connectivity index (χ1) is 21.4. The van der Waals surface area contributed by atoms with Gasteiger partial charge in [-0.3, -0.25) is 19.2 Å². The van der Waals surface area contributed by atoms with Crippen molar-refractivity contribution in [2.24, 2.45) is 0 Å². The zero-order valence-electron chi connectivity index (χ0n) is 25.1. The summed E-state index contributed by atoms with van der Waals surface area (Å²) in [5.74, 6) is -0.522. The average Bonchev–Trinajstić information content (AvgIpc) is 3.43. The molecule has 0 spiro atoms. The number of carbonyl (C=O) groups excluding carboxylic acids is 4. The van der Waals surface area contributed by atoms with Gasteiger partial charge in [0, 0.05) is 56.6 Å². The number of para-hydroxylation sites is 1. The molecule has 2 heterocycles. The lowest BCUT2D eigenvalue weighted by Gasteiger charge is -2.28. The largest absolute Gasteiger partial charge is 0.379 e. The van der Waals surface area contributed by atoms with Gasteiger partial charge < -0.3 is 25.6 Å². The quantitative estimate of drug-likeness (QED) is 0.232. The summed E-state index contributed by atoms with van der Waals surface area (Å²) in [4.78, 5) is 50.6. The molecule has 4 amide bonds. The molecule has 0 aliphatic carbocycles. The molecular formula is C31H39N7O5S. The Kier molecular flexibility index (Phi) is 12.3. The molecule has 1 aliphatic heterocycles. The summed E-state index contributed by atoms with van der Waals surface area (Å²) in [7, 11) is 0. The maximum absolute atomic E-state index is 13.6. The van der Waals surface area contributed by atoms with E-state index < -0.39 is 0 Å². The second-order valence-electron chi connectivity index (χ2n) is 10.1. The number of rotatable bonds is 14. The van der Waals surface area contributed by atoms with Gasteiger partial charge in [0.2, 0.25) is 17.7 Å². The number of fused-ring (bicyclic) bond motifs is 5. The smallest absolute Gasteiger partial charge is 0.278 e.